The smallest absolute Gasteiger partial charge is 0.226 e. The molecule has 1 aliphatic heterocycles. The number of likely N-dealkylation sites (tertiary alicyclic amines) is 1. The van der Waals surface area contributed by atoms with Crippen LogP contribution in [0.4, 0.5) is 11.5 Å². The van der Waals surface area contributed by atoms with Crippen molar-refractivity contribution in [2.45, 2.75) is 25.3 Å². The summed E-state index contributed by atoms with van der Waals surface area (Å²) in [4.78, 5) is 28.5. The van der Waals surface area contributed by atoms with Crippen molar-refractivity contribution in [3.63, 3.8) is 0 Å². The van der Waals surface area contributed by atoms with E-state index in [4.69, 9.17) is 11.6 Å². The molecule has 0 unspecified atom stereocenters. The van der Waals surface area contributed by atoms with Gasteiger partial charge in [0.25, 0.3) is 0 Å². The number of nitrogens with one attached hydrogen (secondary N) is 1. The Balaban J connectivity index is 1.27. The minimum atomic E-state index is 0.0526. The molecule has 0 radical (unpaired) electrons. The van der Waals surface area contributed by atoms with E-state index >= 15 is 0 Å². The van der Waals surface area contributed by atoms with Crippen molar-refractivity contribution in [1.29, 1.82) is 0 Å². The first-order chi connectivity index (χ1) is 16.0. The molecule has 6 rings (SSSR count). The second-order valence-electron chi connectivity index (χ2n) is 9.04. The van der Waals surface area contributed by atoms with Gasteiger partial charge in [-0.15, -0.1) is 11.3 Å². The Hall–Kier alpha value is -2.75. The summed E-state index contributed by atoms with van der Waals surface area (Å²) in [6.07, 6.45) is 7.67. The van der Waals surface area contributed by atoms with Gasteiger partial charge in [0.2, 0.25) is 5.91 Å². The third kappa shape index (κ3) is 3.46. The van der Waals surface area contributed by atoms with Crippen LogP contribution in [-0.2, 0) is 17.6 Å². The van der Waals surface area contributed by atoms with Crippen LogP contribution in [0.25, 0.3) is 15.7 Å². The van der Waals surface area contributed by atoms with Crippen LogP contribution in [0.1, 0.15) is 16.9 Å². The molecular formula is C23H24ClN7OS. The van der Waals surface area contributed by atoms with Crippen LogP contribution < -0.4 is 5.32 Å². The Kier molecular flexibility index (Phi) is 5.01. The molecule has 2 aliphatic rings. The first kappa shape index (κ1) is 20.8. The van der Waals surface area contributed by atoms with E-state index in [0.717, 1.165) is 59.6 Å². The lowest BCUT2D eigenvalue weighted by atomic mass is 9.86. The number of hydrogen-bond acceptors (Lipinski definition) is 7. The van der Waals surface area contributed by atoms with Gasteiger partial charge in [0.1, 0.15) is 17.0 Å². The van der Waals surface area contributed by atoms with Crippen molar-refractivity contribution in [2.24, 2.45) is 5.92 Å². The highest BCUT2D eigenvalue weighted by Gasteiger charge is 2.37. The third-order valence-corrected chi connectivity index (χ3v) is 8.43. The maximum absolute atomic E-state index is 13.1. The predicted molar refractivity (Wildman–Crippen MR) is 130 cm³/mol. The van der Waals surface area contributed by atoms with E-state index < -0.39 is 0 Å². The van der Waals surface area contributed by atoms with Gasteiger partial charge in [-0.2, -0.15) is 5.10 Å². The zero-order chi connectivity index (χ0) is 22.7. The lowest BCUT2D eigenvalue weighted by Gasteiger charge is -2.44. The lowest BCUT2D eigenvalue weighted by molar-refractivity contribution is -0.142. The minimum absolute atomic E-state index is 0.0526. The number of carbonyl (C=O) groups excluding carboxylic acids is 1. The van der Waals surface area contributed by atoms with E-state index in [1.165, 1.54) is 10.4 Å². The van der Waals surface area contributed by atoms with Gasteiger partial charge in [-0.05, 0) is 51.1 Å². The molecule has 0 bridgehead atoms. The van der Waals surface area contributed by atoms with E-state index in [0.29, 0.717) is 17.0 Å². The molecule has 0 aromatic carbocycles. The summed E-state index contributed by atoms with van der Waals surface area (Å²) in [6, 6.07) is 4.26. The molecule has 4 aromatic heterocycles. The van der Waals surface area contributed by atoms with E-state index in [1.54, 1.807) is 28.4 Å². The molecule has 4 aromatic rings. The number of rotatable bonds is 4. The standard InChI is InChI=1S/C23H24ClN7OS/c1-29(2)14-10-30(11-14)23(32)13-3-4-15-18(9-13)33-22-19(15)21(25-12-26-22)28-16-6-8-31-17(20(16)24)5-7-27-31/h5-8,12-14H,3-4,9-11H2,1-2H3,(H,25,26,28)/t13-/m0/s1. The van der Waals surface area contributed by atoms with Gasteiger partial charge in [-0.25, -0.2) is 14.5 Å². The topological polar surface area (TPSA) is 78.7 Å². The summed E-state index contributed by atoms with van der Waals surface area (Å²) >= 11 is 8.30. The van der Waals surface area contributed by atoms with Gasteiger partial charge in [0, 0.05) is 36.1 Å². The zero-order valence-electron chi connectivity index (χ0n) is 18.5. The highest BCUT2D eigenvalue weighted by molar-refractivity contribution is 7.19. The van der Waals surface area contributed by atoms with Crippen molar-refractivity contribution >= 4 is 56.1 Å². The number of aromatic nitrogens is 4. The summed E-state index contributed by atoms with van der Waals surface area (Å²) in [6.45, 7) is 1.67. The molecule has 1 saturated heterocycles. The zero-order valence-corrected chi connectivity index (χ0v) is 20.0. The fourth-order valence-electron chi connectivity index (χ4n) is 4.82. The Labute approximate surface area is 200 Å². The molecule has 1 atom stereocenters. The number of nitrogens with zero attached hydrogens (tertiary/aromatic N) is 6. The summed E-state index contributed by atoms with van der Waals surface area (Å²) in [5.74, 6) is 1.10. The molecule has 1 N–H and O–H groups in total. The van der Waals surface area contributed by atoms with Crippen molar-refractivity contribution in [3.8, 4) is 0 Å². The van der Waals surface area contributed by atoms with E-state index in [2.05, 4.69) is 39.4 Å². The Bertz CT molecular complexity index is 1370. The monoisotopic (exact) mass is 481 g/mol. The van der Waals surface area contributed by atoms with Gasteiger partial charge in [-0.1, -0.05) is 11.6 Å². The van der Waals surface area contributed by atoms with Crippen LogP contribution in [0.5, 0.6) is 0 Å². The van der Waals surface area contributed by atoms with E-state index in [9.17, 15) is 4.79 Å². The quantitative estimate of drug-likeness (QED) is 0.479. The van der Waals surface area contributed by atoms with Crippen LogP contribution in [0.2, 0.25) is 5.02 Å². The number of hydrogen-bond donors (Lipinski definition) is 1. The van der Waals surface area contributed by atoms with Crippen LogP contribution in [0.3, 0.4) is 0 Å². The summed E-state index contributed by atoms with van der Waals surface area (Å²) in [5, 5.41) is 9.30. The first-order valence-corrected chi connectivity index (χ1v) is 12.3. The molecule has 170 valence electrons. The van der Waals surface area contributed by atoms with Crippen molar-refractivity contribution in [2.75, 3.05) is 32.5 Å². The van der Waals surface area contributed by atoms with E-state index in [1.807, 2.05) is 23.2 Å². The number of pyridine rings is 1. The predicted octanol–water partition coefficient (Wildman–Crippen LogP) is 3.61. The molecule has 8 nitrogen and oxygen atoms in total. The van der Waals surface area contributed by atoms with Crippen LogP contribution >= 0.6 is 22.9 Å². The second kappa shape index (κ2) is 7.93. The number of amides is 1. The largest absolute Gasteiger partial charge is 0.339 e. The number of likely N-dealkylation sites (N-methyl/N-ethyl adjacent to an activating group) is 1. The van der Waals surface area contributed by atoms with E-state index in [-0.39, 0.29) is 5.92 Å². The molecule has 5 heterocycles. The van der Waals surface area contributed by atoms with Gasteiger partial charge < -0.3 is 15.1 Å². The molecule has 10 heteroatoms. The van der Waals surface area contributed by atoms with Crippen LogP contribution in [-0.4, -0.2) is 68.5 Å². The molecule has 0 spiro atoms. The Morgan fingerprint density at radius 3 is 2.94 bits per heavy atom. The third-order valence-electron chi connectivity index (χ3n) is 6.87. The second-order valence-corrected chi connectivity index (χ2v) is 10.5. The van der Waals surface area contributed by atoms with Gasteiger partial charge in [-0.3, -0.25) is 4.79 Å². The van der Waals surface area contributed by atoms with Crippen molar-refractivity contribution in [3.05, 3.63) is 46.3 Å². The number of aryl methyl sites for hydroxylation is 1. The SMILES string of the molecule is CN(C)C1CN(C(=O)[C@H]2CCc3c(sc4ncnc(Nc5ccn6nccc6c5Cl)c34)C2)C1. The van der Waals surface area contributed by atoms with Crippen LogP contribution in [0.15, 0.2) is 30.9 Å². The highest BCUT2D eigenvalue weighted by atomic mass is 35.5. The first-order valence-electron chi connectivity index (χ1n) is 11.1. The number of carbonyl (C=O) groups is 1. The fraction of sp³-hybridized carbons (Fsp3) is 0.391. The molecule has 1 fully saturated rings. The Morgan fingerprint density at radius 1 is 1.27 bits per heavy atom. The number of halogens is 1. The van der Waals surface area contributed by atoms with Gasteiger partial charge in [0.05, 0.1) is 27.8 Å². The maximum atomic E-state index is 13.1. The average Bonchev–Trinajstić information content (AvgIpc) is 3.39. The summed E-state index contributed by atoms with van der Waals surface area (Å²) in [7, 11) is 4.15. The number of thiophene rings is 1. The normalized spacial score (nSPS) is 18.7. The number of anilines is 2. The highest BCUT2D eigenvalue weighted by Crippen LogP contribution is 2.41. The number of fused-ring (bicyclic) bond motifs is 4. The van der Waals surface area contributed by atoms with Crippen molar-refractivity contribution < 1.29 is 4.79 Å². The molecule has 0 saturated carbocycles. The molecule has 33 heavy (non-hydrogen) atoms. The Morgan fingerprint density at radius 2 is 2.12 bits per heavy atom. The maximum Gasteiger partial charge on any atom is 0.226 e. The van der Waals surface area contributed by atoms with Gasteiger partial charge in [0.15, 0.2) is 0 Å². The molecule has 1 amide bonds. The average molecular weight is 482 g/mol. The summed E-state index contributed by atoms with van der Waals surface area (Å²) in [5.41, 5.74) is 2.88. The lowest BCUT2D eigenvalue weighted by Crippen LogP contribution is -2.60. The summed E-state index contributed by atoms with van der Waals surface area (Å²) < 4.78 is 1.74. The molecular weight excluding hydrogens is 458 g/mol. The fourth-order valence-corrected chi connectivity index (χ4v) is 6.35. The van der Waals surface area contributed by atoms with Crippen molar-refractivity contribution in [1.82, 2.24) is 29.4 Å². The van der Waals surface area contributed by atoms with Gasteiger partial charge >= 0.3 is 0 Å². The molecule has 1 aliphatic carbocycles. The minimum Gasteiger partial charge on any atom is -0.339 e. The van der Waals surface area contributed by atoms with Crippen LogP contribution in [0, 0.1) is 5.92 Å².